The molecule has 0 bridgehead atoms. The Balaban J connectivity index is 4.12. The van der Waals surface area contributed by atoms with Crippen LogP contribution in [0.4, 0.5) is 4.79 Å². The minimum atomic E-state index is -0.804. The van der Waals surface area contributed by atoms with Crippen molar-refractivity contribution in [1.29, 1.82) is 0 Å². The first-order chi connectivity index (χ1) is 9.81. The number of carbonyl (C=O) groups is 3. The van der Waals surface area contributed by atoms with E-state index in [0.717, 1.165) is 6.42 Å². The molecule has 2 unspecified atom stereocenters. The zero-order valence-electron chi connectivity index (χ0n) is 13.2. The average molecular weight is 302 g/mol. The number of urea groups is 1. The number of nitrogens with zero attached hydrogens (tertiary/aromatic N) is 1. The number of likely N-dealkylation sites (N-methyl/N-ethyl adjacent to an activating group) is 1. The highest BCUT2D eigenvalue weighted by molar-refractivity contribution is 5.81. The molecule has 7 nitrogen and oxygen atoms in total. The number of esters is 1. The van der Waals surface area contributed by atoms with Crippen LogP contribution in [-0.4, -0.2) is 54.2 Å². The van der Waals surface area contributed by atoms with Crippen molar-refractivity contribution in [3.8, 4) is 0 Å². The number of ether oxygens (including phenoxy) is 1. The molecule has 0 fully saturated rings. The van der Waals surface area contributed by atoms with Gasteiger partial charge in [-0.2, -0.15) is 0 Å². The lowest BCUT2D eigenvalue weighted by Crippen LogP contribution is -2.46. The molecule has 21 heavy (non-hydrogen) atoms. The minimum absolute atomic E-state index is 0.0785. The Morgan fingerprint density at radius 3 is 2.33 bits per heavy atom. The number of nitrogens with one attached hydrogen (secondary N) is 1. The Morgan fingerprint density at radius 2 is 1.86 bits per heavy atom. The molecule has 2 atom stereocenters. The highest BCUT2D eigenvalue weighted by atomic mass is 16.5. The molecule has 0 aromatic carbocycles. The summed E-state index contributed by atoms with van der Waals surface area (Å²) < 4.78 is 4.54. The van der Waals surface area contributed by atoms with E-state index in [1.807, 2.05) is 6.92 Å². The van der Waals surface area contributed by atoms with Gasteiger partial charge < -0.3 is 20.1 Å². The van der Waals surface area contributed by atoms with Crippen molar-refractivity contribution in [2.24, 2.45) is 5.92 Å². The van der Waals surface area contributed by atoms with Gasteiger partial charge in [0.2, 0.25) is 0 Å². The second-order valence-corrected chi connectivity index (χ2v) is 5.11. The predicted octanol–water partition coefficient (Wildman–Crippen LogP) is 1.47. The molecular weight excluding hydrogens is 276 g/mol. The van der Waals surface area contributed by atoms with Gasteiger partial charge in [-0.15, -0.1) is 0 Å². The molecule has 2 amide bonds. The first kappa shape index (κ1) is 19.2. The first-order valence-electron chi connectivity index (χ1n) is 7.16. The van der Waals surface area contributed by atoms with Crippen LogP contribution in [-0.2, 0) is 14.3 Å². The Bertz CT molecular complexity index is 359. The van der Waals surface area contributed by atoms with E-state index in [-0.39, 0.29) is 24.5 Å². The number of amides is 2. The van der Waals surface area contributed by atoms with Crippen LogP contribution >= 0.6 is 0 Å². The molecule has 0 aromatic heterocycles. The molecule has 0 rings (SSSR count). The van der Waals surface area contributed by atoms with Gasteiger partial charge in [0.05, 0.1) is 13.0 Å². The number of carboxylic acids is 1. The maximum absolute atomic E-state index is 12.0. The summed E-state index contributed by atoms with van der Waals surface area (Å²) in [5, 5.41) is 11.6. The predicted molar refractivity (Wildman–Crippen MR) is 77.9 cm³/mol. The maximum Gasteiger partial charge on any atom is 0.325 e. The highest BCUT2D eigenvalue weighted by Gasteiger charge is 2.18. The number of methoxy groups -OCH3 is 1. The van der Waals surface area contributed by atoms with Gasteiger partial charge in [0.15, 0.2) is 0 Å². The van der Waals surface area contributed by atoms with Crippen molar-refractivity contribution >= 4 is 18.0 Å². The third kappa shape index (κ3) is 8.16. The van der Waals surface area contributed by atoms with E-state index >= 15 is 0 Å². The molecular formula is C14H26N2O5. The summed E-state index contributed by atoms with van der Waals surface area (Å²) in [6.45, 7) is 5.63. The van der Waals surface area contributed by atoms with Crippen LogP contribution in [0.1, 0.15) is 40.0 Å². The second-order valence-electron chi connectivity index (χ2n) is 5.11. The Kier molecular flexibility index (Phi) is 9.16. The molecule has 0 aromatic rings. The topological polar surface area (TPSA) is 95.9 Å². The summed E-state index contributed by atoms with van der Waals surface area (Å²) in [7, 11) is 1.28. The SMILES string of the molecule is CCN(CC(=O)OC)C(=O)NC(C)CCCC(C)C(=O)O. The normalized spacial score (nSPS) is 13.1. The third-order valence-corrected chi connectivity index (χ3v) is 3.28. The van der Waals surface area contributed by atoms with Crippen LogP contribution in [0.25, 0.3) is 0 Å². The van der Waals surface area contributed by atoms with Crippen LogP contribution in [0.15, 0.2) is 0 Å². The van der Waals surface area contributed by atoms with Crippen LogP contribution in [0.2, 0.25) is 0 Å². The van der Waals surface area contributed by atoms with Gasteiger partial charge in [-0.25, -0.2) is 4.79 Å². The van der Waals surface area contributed by atoms with E-state index < -0.39 is 11.9 Å². The summed E-state index contributed by atoms with van der Waals surface area (Å²) in [4.78, 5) is 35.2. The molecule has 2 N–H and O–H groups in total. The highest BCUT2D eigenvalue weighted by Crippen LogP contribution is 2.09. The molecule has 0 radical (unpaired) electrons. The van der Waals surface area contributed by atoms with Gasteiger partial charge in [0.1, 0.15) is 6.54 Å². The maximum atomic E-state index is 12.0. The number of carboxylic acid groups (broad SMARTS) is 1. The van der Waals surface area contributed by atoms with E-state index in [2.05, 4.69) is 10.1 Å². The molecule has 7 heteroatoms. The van der Waals surface area contributed by atoms with Crippen molar-refractivity contribution < 1.29 is 24.2 Å². The minimum Gasteiger partial charge on any atom is -0.481 e. The van der Waals surface area contributed by atoms with Crippen LogP contribution in [0.3, 0.4) is 0 Å². The largest absolute Gasteiger partial charge is 0.481 e. The average Bonchev–Trinajstić information content (AvgIpc) is 2.43. The lowest BCUT2D eigenvalue weighted by atomic mass is 10.0. The van der Waals surface area contributed by atoms with Gasteiger partial charge in [-0.1, -0.05) is 13.3 Å². The van der Waals surface area contributed by atoms with Crippen LogP contribution in [0, 0.1) is 5.92 Å². The van der Waals surface area contributed by atoms with Gasteiger partial charge in [-0.3, -0.25) is 9.59 Å². The first-order valence-corrected chi connectivity index (χ1v) is 7.16. The lowest BCUT2D eigenvalue weighted by molar-refractivity contribution is -0.142. The van der Waals surface area contributed by atoms with Gasteiger partial charge in [0.25, 0.3) is 0 Å². The van der Waals surface area contributed by atoms with Crippen molar-refractivity contribution in [2.45, 2.75) is 46.1 Å². The molecule has 0 spiro atoms. The summed E-state index contributed by atoms with van der Waals surface area (Å²) >= 11 is 0. The molecule has 0 saturated carbocycles. The molecule has 0 aliphatic heterocycles. The van der Waals surface area contributed by atoms with Crippen molar-refractivity contribution in [1.82, 2.24) is 10.2 Å². The number of hydrogen-bond donors (Lipinski definition) is 2. The fourth-order valence-corrected chi connectivity index (χ4v) is 1.78. The summed E-state index contributed by atoms with van der Waals surface area (Å²) in [6, 6.07) is -0.396. The molecule has 0 heterocycles. The summed E-state index contributed by atoms with van der Waals surface area (Å²) in [5.41, 5.74) is 0. The number of aliphatic carboxylic acids is 1. The fourth-order valence-electron chi connectivity index (χ4n) is 1.78. The number of carbonyl (C=O) groups excluding carboxylic acids is 2. The monoisotopic (exact) mass is 302 g/mol. The van der Waals surface area contributed by atoms with Gasteiger partial charge in [-0.05, 0) is 26.7 Å². The van der Waals surface area contributed by atoms with E-state index in [1.54, 1.807) is 13.8 Å². The zero-order valence-corrected chi connectivity index (χ0v) is 13.2. The van der Waals surface area contributed by atoms with Crippen molar-refractivity contribution in [3.05, 3.63) is 0 Å². The smallest absolute Gasteiger partial charge is 0.325 e. The standard InChI is InChI=1S/C14H26N2O5/c1-5-16(9-12(17)21-4)14(20)15-11(3)8-6-7-10(2)13(18)19/h10-11H,5-9H2,1-4H3,(H,15,20)(H,18,19). The molecule has 122 valence electrons. The van der Waals surface area contributed by atoms with Gasteiger partial charge in [0, 0.05) is 12.6 Å². The fraction of sp³-hybridized carbons (Fsp3) is 0.786. The summed E-state index contributed by atoms with van der Waals surface area (Å²) in [5.74, 6) is -1.64. The number of hydrogen-bond acceptors (Lipinski definition) is 4. The quantitative estimate of drug-likeness (QED) is 0.629. The Hall–Kier alpha value is -1.79. The Labute approximate surface area is 125 Å². The van der Waals surface area contributed by atoms with Gasteiger partial charge >= 0.3 is 18.0 Å². The van der Waals surface area contributed by atoms with E-state index in [1.165, 1.54) is 12.0 Å². The van der Waals surface area contributed by atoms with Crippen molar-refractivity contribution in [2.75, 3.05) is 20.2 Å². The number of rotatable bonds is 9. The zero-order chi connectivity index (χ0) is 16.4. The van der Waals surface area contributed by atoms with Crippen molar-refractivity contribution in [3.63, 3.8) is 0 Å². The lowest BCUT2D eigenvalue weighted by Gasteiger charge is -2.23. The molecule has 0 aliphatic carbocycles. The molecule has 0 saturated heterocycles. The van der Waals surface area contributed by atoms with Crippen LogP contribution in [0.5, 0.6) is 0 Å². The molecule has 0 aliphatic rings. The van der Waals surface area contributed by atoms with E-state index in [0.29, 0.717) is 19.4 Å². The van der Waals surface area contributed by atoms with E-state index in [9.17, 15) is 14.4 Å². The second kappa shape index (κ2) is 10.0. The Morgan fingerprint density at radius 1 is 1.24 bits per heavy atom. The van der Waals surface area contributed by atoms with Crippen LogP contribution < -0.4 is 5.32 Å². The summed E-state index contributed by atoms with van der Waals surface area (Å²) in [6.07, 6.45) is 1.99. The third-order valence-electron chi connectivity index (χ3n) is 3.28. The van der Waals surface area contributed by atoms with E-state index in [4.69, 9.17) is 5.11 Å².